The molecule has 0 spiro atoms. The SMILES string of the molecule is CC(C)SCc1noc(COC2CCNCC2)n1. The molecule has 0 unspecified atom stereocenters. The molecule has 0 aliphatic carbocycles. The highest BCUT2D eigenvalue weighted by molar-refractivity contribution is 7.99. The predicted octanol–water partition coefficient (Wildman–Crippen LogP) is 1.98. The second-order valence-corrected chi connectivity index (χ2v) is 6.29. The van der Waals surface area contributed by atoms with Crippen LogP contribution in [0.2, 0.25) is 0 Å². The van der Waals surface area contributed by atoms with Gasteiger partial charge in [-0.1, -0.05) is 19.0 Å². The van der Waals surface area contributed by atoms with Crippen LogP contribution in [0.3, 0.4) is 0 Å². The van der Waals surface area contributed by atoms with Gasteiger partial charge in [0.1, 0.15) is 6.61 Å². The number of nitrogens with one attached hydrogen (secondary N) is 1. The van der Waals surface area contributed by atoms with Crippen molar-refractivity contribution >= 4 is 11.8 Å². The molecular weight excluding hydrogens is 250 g/mol. The predicted molar refractivity (Wildman–Crippen MR) is 71.4 cm³/mol. The average molecular weight is 271 g/mol. The van der Waals surface area contributed by atoms with Gasteiger partial charge in [-0.25, -0.2) is 0 Å². The van der Waals surface area contributed by atoms with Crippen LogP contribution in [0.25, 0.3) is 0 Å². The largest absolute Gasteiger partial charge is 0.368 e. The summed E-state index contributed by atoms with van der Waals surface area (Å²) >= 11 is 1.81. The van der Waals surface area contributed by atoms with E-state index in [9.17, 15) is 0 Å². The lowest BCUT2D eigenvalue weighted by atomic mass is 10.1. The quantitative estimate of drug-likeness (QED) is 0.853. The summed E-state index contributed by atoms with van der Waals surface area (Å²) < 4.78 is 10.9. The molecule has 0 saturated carbocycles. The zero-order valence-corrected chi connectivity index (χ0v) is 11.8. The smallest absolute Gasteiger partial charge is 0.252 e. The molecule has 1 aromatic rings. The second kappa shape index (κ2) is 7.11. The third-order valence-electron chi connectivity index (χ3n) is 2.78. The van der Waals surface area contributed by atoms with Crippen LogP contribution in [-0.4, -0.2) is 34.6 Å². The molecule has 18 heavy (non-hydrogen) atoms. The fourth-order valence-electron chi connectivity index (χ4n) is 1.80. The van der Waals surface area contributed by atoms with E-state index in [4.69, 9.17) is 9.26 Å². The maximum Gasteiger partial charge on any atom is 0.252 e. The van der Waals surface area contributed by atoms with E-state index in [1.165, 1.54) is 0 Å². The first kappa shape index (κ1) is 13.8. The van der Waals surface area contributed by atoms with Crippen molar-refractivity contribution in [1.82, 2.24) is 15.5 Å². The van der Waals surface area contributed by atoms with E-state index in [2.05, 4.69) is 29.3 Å². The molecule has 6 heteroatoms. The maximum absolute atomic E-state index is 5.76. The number of thioether (sulfide) groups is 1. The van der Waals surface area contributed by atoms with E-state index < -0.39 is 0 Å². The summed E-state index contributed by atoms with van der Waals surface area (Å²) in [5.41, 5.74) is 0. The van der Waals surface area contributed by atoms with Gasteiger partial charge in [0.15, 0.2) is 5.82 Å². The van der Waals surface area contributed by atoms with Crippen LogP contribution in [0.5, 0.6) is 0 Å². The Morgan fingerprint density at radius 3 is 2.94 bits per heavy atom. The number of hydrogen-bond donors (Lipinski definition) is 1. The monoisotopic (exact) mass is 271 g/mol. The third-order valence-corrected chi connectivity index (χ3v) is 3.88. The molecule has 0 amide bonds. The molecule has 1 aliphatic heterocycles. The van der Waals surface area contributed by atoms with Crippen molar-refractivity contribution in [3.05, 3.63) is 11.7 Å². The van der Waals surface area contributed by atoms with Crippen molar-refractivity contribution in [1.29, 1.82) is 0 Å². The van der Waals surface area contributed by atoms with Crippen LogP contribution >= 0.6 is 11.8 Å². The Labute approximate surface area is 112 Å². The molecule has 2 heterocycles. The summed E-state index contributed by atoms with van der Waals surface area (Å²) in [6.45, 7) is 6.82. The van der Waals surface area contributed by atoms with Gasteiger partial charge in [-0.05, 0) is 31.2 Å². The van der Waals surface area contributed by atoms with Crippen LogP contribution in [0.1, 0.15) is 38.4 Å². The van der Waals surface area contributed by atoms with Crippen LogP contribution in [0.15, 0.2) is 4.52 Å². The van der Waals surface area contributed by atoms with E-state index in [1.54, 1.807) is 0 Å². The van der Waals surface area contributed by atoms with E-state index in [1.807, 2.05) is 11.8 Å². The first-order chi connectivity index (χ1) is 8.74. The lowest BCUT2D eigenvalue weighted by Crippen LogP contribution is -2.32. The normalized spacial score (nSPS) is 17.5. The van der Waals surface area contributed by atoms with Gasteiger partial charge in [0.2, 0.25) is 0 Å². The molecule has 0 bridgehead atoms. The van der Waals surface area contributed by atoms with Crippen LogP contribution in [0, 0.1) is 0 Å². The molecule has 5 nitrogen and oxygen atoms in total. The van der Waals surface area contributed by atoms with E-state index in [0.717, 1.165) is 37.5 Å². The van der Waals surface area contributed by atoms with Crippen molar-refractivity contribution in [3.63, 3.8) is 0 Å². The topological polar surface area (TPSA) is 60.2 Å². The van der Waals surface area contributed by atoms with Crippen molar-refractivity contribution < 1.29 is 9.26 Å². The highest BCUT2D eigenvalue weighted by Crippen LogP contribution is 2.15. The number of piperidine rings is 1. The molecule has 1 fully saturated rings. The fourth-order valence-corrected chi connectivity index (χ4v) is 2.40. The highest BCUT2D eigenvalue weighted by atomic mass is 32.2. The first-order valence-corrected chi connectivity index (χ1v) is 7.54. The Morgan fingerprint density at radius 2 is 2.22 bits per heavy atom. The molecule has 0 radical (unpaired) electrons. The molecule has 1 aliphatic rings. The van der Waals surface area contributed by atoms with Gasteiger partial charge in [-0.15, -0.1) is 0 Å². The molecule has 0 aromatic carbocycles. The zero-order valence-electron chi connectivity index (χ0n) is 11.0. The Morgan fingerprint density at radius 1 is 1.44 bits per heavy atom. The van der Waals surface area contributed by atoms with Gasteiger partial charge in [0.25, 0.3) is 5.89 Å². The number of rotatable bonds is 6. The van der Waals surface area contributed by atoms with Crippen molar-refractivity contribution in [2.24, 2.45) is 0 Å². The number of aromatic nitrogens is 2. The van der Waals surface area contributed by atoms with Crippen molar-refractivity contribution in [3.8, 4) is 0 Å². The van der Waals surface area contributed by atoms with Gasteiger partial charge >= 0.3 is 0 Å². The standard InChI is InChI=1S/C12H21N3O2S/c1-9(2)18-8-11-14-12(17-15-11)7-16-10-3-5-13-6-4-10/h9-10,13H,3-8H2,1-2H3. The lowest BCUT2D eigenvalue weighted by Gasteiger charge is -2.21. The minimum atomic E-state index is 0.326. The highest BCUT2D eigenvalue weighted by Gasteiger charge is 2.15. The number of nitrogens with zero attached hydrogens (tertiary/aromatic N) is 2. The summed E-state index contributed by atoms with van der Waals surface area (Å²) in [7, 11) is 0. The van der Waals surface area contributed by atoms with E-state index in [-0.39, 0.29) is 0 Å². The van der Waals surface area contributed by atoms with Crippen LogP contribution in [0.4, 0.5) is 0 Å². The summed E-state index contributed by atoms with van der Waals surface area (Å²) in [5, 5.41) is 7.84. The Balaban J connectivity index is 1.72. The summed E-state index contributed by atoms with van der Waals surface area (Å²) in [5.74, 6) is 2.15. The van der Waals surface area contributed by atoms with Gasteiger partial charge in [0.05, 0.1) is 11.9 Å². The van der Waals surface area contributed by atoms with Gasteiger partial charge in [0, 0.05) is 0 Å². The summed E-state index contributed by atoms with van der Waals surface area (Å²) in [6.07, 6.45) is 2.45. The minimum absolute atomic E-state index is 0.326. The van der Waals surface area contributed by atoms with Gasteiger partial charge < -0.3 is 14.6 Å². The minimum Gasteiger partial charge on any atom is -0.368 e. The van der Waals surface area contributed by atoms with Gasteiger partial charge in [-0.2, -0.15) is 16.7 Å². The van der Waals surface area contributed by atoms with Crippen molar-refractivity contribution in [2.45, 2.75) is 50.4 Å². The number of hydrogen-bond acceptors (Lipinski definition) is 6. The fraction of sp³-hybridized carbons (Fsp3) is 0.833. The Hall–Kier alpha value is -0.590. The first-order valence-electron chi connectivity index (χ1n) is 6.49. The lowest BCUT2D eigenvalue weighted by molar-refractivity contribution is 0.00859. The Kier molecular flexibility index (Phi) is 5.46. The summed E-state index contributed by atoms with van der Waals surface area (Å²) in [4.78, 5) is 4.33. The zero-order chi connectivity index (χ0) is 12.8. The molecule has 1 saturated heterocycles. The Bertz CT molecular complexity index is 351. The summed E-state index contributed by atoms with van der Waals surface area (Å²) in [6, 6.07) is 0. The number of ether oxygens (including phenoxy) is 1. The molecule has 1 N–H and O–H groups in total. The molecule has 1 aromatic heterocycles. The van der Waals surface area contributed by atoms with E-state index >= 15 is 0 Å². The molecular formula is C12H21N3O2S. The average Bonchev–Trinajstić information content (AvgIpc) is 2.83. The molecule has 102 valence electrons. The second-order valence-electron chi connectivity index (χ2n) is 4.72. The van der Waals surface area contributed by atoms with E-state index in [0.29, 0.717) is 23.9 Å². The van der Waals surface area contributed by atoms with Crippen molar-refractivity contribution in [2.75, 3.05) is 13.1 Å². The third kappa shape index (κ3) is 4.59. The van der Waals surface area contributed by atoms with Gasteiger partial charge in [-0.3, -0.25) is 0 Å². The van der Waals surface area contributed by atoms with Crippen LogP contribution in [-0.2, 0) is 17.1 Å². The van der Waals surface area contributed by atoms with Crippen LogP contribution < -0.4 is 5.32 Å². The molecule has 2 rings (SSSR count). The molecule has 0 atom stereocenters. The maximum atomic E-state index is 5.76.